The molecule has 2 heterocycles. The normalized spacial score (nSPS) is 16.8. The van der Waals surface area contributed by atoms with Gasteiger partial charge in [-0.05, 0) is 45.4 Å². The molecule has 1 aromatic rings. The minimum atomic E-state index is 0.827. The summed E-state index contributed by atoms with van der Waals surface area (Å²) in [6.45, 7) is 5.71. The number of aromatic nitrogens is 2. The van der Waals surface area contributed by atoms with Gasteiger partial charge in [0.2, 0.25) is 0 Å². The van der Waals surface area contributed by atoms with Crippen molar-refractivity contribution in [1.29, 1.82) is 0 Å². The van der Waals surface area contributed by atoms with Crippen LogP contribution in [0.3, 0.4) is 0 Å². The minimum absolute atomic E-state index is 0.827. The number of nitrogens with zero attached hydrogens (tertiary/aromatic N) is 3. The van der Waals surface area contributed by atoms with Crippen LogP contribution in [-0.4, -0.2) is 41.0 Å². The third kappa shape index (κ3) is 3.87. The highest BCUT2D eigenvalue weighted by molar-refractivity contribution is 4.93. The summed E-state index contributed by atoms with van der Waals surface area (Å²) in [6.07, 6.45) is 9.24. The van der Waals surface area contributed by atoms with E-state index in [0.29, 0.717) is 0 Å². The van der Waals surface area contributed by atoms with Gasteiger partial charge in [0.15, 0.2) is 0 Å². The summed E-state index contributed by atoms with van der Waals surface area (Å²) >= 11 is 0. The molecule has 1 aromatic heterocycles. The molecule has 1 aliphatic rings. The van der Waals surface area contributed by atoms with E-state index in [4.69, 9.17) is 0 Å². The lowest BCUT2D eigenvalue weighted by Gasteiger charge is -2.14. The van der Waals surface area contributed by atoms with Crippen LogP contribution in [0.25, 0.3) is 0 Å². The van der Waals surface area contributed by atoms with Gasteiger partial charge in [-0.3, -0.25) is 9.97 Å². The molecule has 0 aromatic carbocycles. The van der Waals surface area contributed by atoms with E-state index in [0.717, 1.165) is 18.8 Å². The highest BCUT2D eigenvalue weighted by atomic mass is 15.1. The Morgan fingerprint density at radius 2 is 2.12 bits per heavy atom. The predicted molar refractivity (Wildman–Crippen MR) is 64.0 cm³/mol. The van der Waals surface area contributed by atoms with Crippen LogP contribution in [0.1, 0.15) is 25.0 Å². The van der Waals surface area contributed by atoms with Crippen LogP contribution in [0, 0.1) is 0 Å². The first-order chi connectivity index (χ1) is 7.95. The van der Waals surface area contributed by atoms with Gasteiger partial charge in [0, 0.05) is 25.1 Å². The number of hydrogen-bond donors (Lipinski definition) is 1. The van der Waals surface area contributed by atoms with Crippen LogP contribution in [0.15, 0.2) is 18.6 Å². The zero-order valence-electron chi connectivity index (χ0n) is 9.73. The Labute approximate surface area is 97.1 Å². The molecular formula is C12H20N4. The Morgan fingerprint density at radius 3 is 2.88 bits per heavy atom. The van der Waals surface area contributed by atoms with E-state index in [2.05, 4.69) is 20.2 Å². The van der Waals surface area contributed by atoms with E-state index in [1.54, 1.807) is 12.4 Å². The SMILES string of the molecule is c1cnc(CNCCCN2CCCC2)cn1. The molecule has 16 heavy (non-hydrogen) atoms. The third-order valence-electron chi connectivity index (χ3n) is 2.95. The van der Waals surface area contributed by atoms with E-state index in [9.17, 15) is 0 Å². The smallest absolute Gasteiger partial charge is 0.0724 e. The molecule has 0 unspecified atom stereocenters. The van der Waals surface area contributed by atoms with Crippen molar-refractivity contribution in [3.05, 3.63) is 24.3 Å². The lowest BCUT2D eigenvalue weighted by Crippen LogP contribution is -2.24. The van der Waals surface area contributed by atoms with E-state index in [1.807, 2.05) is 6.20 Å². The number of likely N-dealkylation sites (tertiary alicyclic amines) is 1. The van der Waals surface area contributed by atoms with Gasteiger partial charge in [-0.2, -0.15) is 0 Å². The molecule has 0 aliphatic carbocycles. The monoisotopic (exact) mass is 220 g/mol. The molecule has 0 saturated carbocycles. The largest absolute Gasteiger partial charge is 0.311 e. The van der Waals surface area contributed by atoms with Gasteiger partial charge in [0.25, 0.3) is 0 Å². The van der Waals surface area contributed by atoms with Gasteiger partial charge >= 0.3 is 0 Å². The van der Waals surface area contributed by atoms with Crippen molar-refractivity contribution in [1.82, 2.24) is 20.2 Å². The second kappa shape index (κ2) is 6.55. The Morgan fingerprint density at radius 1 is 1.25 bits per heavy atom. The van der Waals surface area contributed by atoms with Crippen molar-refractivity contribution >= 4 is 0 Å². The van der Waals surface area contributed by atoms with E-state index in [-0.39, 0.29) is 0 Å². The van der Waals surface area contributed by atoms with E-state index >= 15 is 0 Å². The molecule has 0 atom stereocenters. The van der Waals surface area contributed by atoms with Gasteiger partial charge < -0.3 is 10.2 Å². The summed E-state index contributed by atoms with van der Waals surface area (Å²) in [5.74, 6) is 0. The van der Waals surface area contributed by atoms with Gasteiger partial charge in [0.05, 0.1) is 5.69 Å². The third-order valence-corrected chi connectivity index (χ3v) is 2.95. The molecule has 4 heteroatoms. The maximum absolute atomic E-state index is 4.22. The Kier molecular flexibility index (Phi) is 4.70. The van der Waals surface area contributed by atoms with Gasteiger partial charge in [-0.15, -0.1) is 0 Å². The molecule has 1 fully saturated rings. The van der Waals surface area contributed by atoms with Crippen molar-refractivity contribution in [3.63, 3.8) is 0 Å². The van der Waals surface area contributed by atoms with Gasteiger partial charge in [0.1, 0.15) is 0 Å². The summed E-state index contributed by atoms with van der Waals surface area (Å²) in [7, 11) is 0. The fraction of sp³-hybridized carbons (Fsp3) is 0.667. The average Bonchev–Trinajstić information content (AvgIpc) is 2.83. The minimum Gasteiger partial charge on any atom is -0.311 e. The molecule has 2 rings (SSSR count). The predicted octanol–water partition coefficient (Wildman–Crippen LogP) is 1.05. The van der Waals surface area contributed by atoms with Crippen molar-refractivity contribution in [2.75, 3.05) is 26.2 Å². The first-order valence-corrected chi connectivity index (χ1v) is 6.13. The molecule has 1 saturated heterocycles. The van der Waals surface area contributed by atoms with Crippen LogP contribution >= 0.6 is 0 Å². The molecule has 4 nitrogen and oxygen atoms in total. The molecule has 0 amide bonds. The number of nitrogens with one attached hydrogen (secondary N) is 1. The van der Waals surface area contributed by atoms with Crippen molar-refractivity contribution in [3.8, 4) is 0 Å². The Hall–Kier alpha value is -1.00. The highest BCUT2D eigenvalue weighted by Gasteiger charge is 2.09. The zero-order chi connectivity index (χ0) is 11.1. The van der Waals surface area contributed by atoms with Crippen LogP contribution in [-0.2, 0) is 6.54 Å². The van der Waals surface area contributed by atoms with Crippen molar-refractivity contribution in [2.24, 2.45) is 0 Å². The second-order valence-electron chi connectivity index (χ2n) is 4.28. The number of rotatable bonds is 6. The summed E-state index contributed by atoms with van der Waals surface area (Å²) in [5.41, 5.74) is 1.02. The van der Waals surface area contributed by atoms with Crippen LogP contribution < -0.4 is 5.32 Å². The fourth-order valence-corrected chi connectivity index (χ4v) is 2.07. The van der Waals surface area contributed by atoms with Crippen LogP contribution in [0.4, 0.5) is 0 Å². The molecule has 0 spiro atoms. The van der Waals surface area contributed by atoms with Crippen molar-refractivity contribution < 1.29 is 0 Å². The quantitative estimate of drug-likeness (QED) is 0.728. The summed E-state index contributed by atoms with van der Waals surface area (Å²) in [4.78, 5) is 10.8. The highest BCUT2D eigenvalue weighted by Crippen LogP contribution is 2.06. The second-order valence-corrected chi connectivity index (χ2v) is 4.28. The van der Waals surface area contributed by atoms with Gasteiger partial charge in [-0.25, -0.2) is 0 Å². The Balaban J connectivity index is 1.52. The fourth-order valence-electron chi connectivity index (χ4n) is 2.07. The van der Waals surface area contributed by atoms with E-state index in [1.165, 1.54) is 38.9 Å². The number of hydrogen-bond acceptors (Lipinski definition) is 4. The standard InChI is InChI=1S/C12H20N4/c1-2-8-16(7-1)9-3-4-13-10-12-11-14-5-6-15-12/h5-6,11,13H,1-4,7-10H2. The van der Waals surface area contributed by atoms with E-state index < -0.39 is 0 Å². The first-order valence-electron chi connectivity index (χ1n) is 6.13. The average molecular weight is 220 g/mol. The summed E-state index contributed by atoms with van der Waals surface area (Å²) < 4.78 is 0. The van der Waals surface area contributed by atoms with Crippen molar-refractivity contribution in [2.45, 2.75) is 25.8 Å². The summed E-state index contributed by atoms with van der Waals surface area (Å²) in [6, 6.07) is 0. The molecule has 1 N–H and O–H groups in total. The van der Waals surface area contributed by atoms with Gasteiger partial charge in [-0.1, -0.05) is 0 Å². The zero-order valence-corrected chi connectivity index (χ0v) is 9.73. The lowest BCUT2D eigenvalue weighted by molar-refractivity contribution is 0.331. The summed E-state index contributed by atoms with van der Waals surface area (Å²) in [5, 5.41) is 3.40. The first kappa shape index (κ1) is 11.5. The molecule has 0 bridgehead atoms. The molecule has 1 aliphatic heterocycles. The lowest BCUT2D eigenvalue weighted by atomic mass is 10.3. The van der Waals surface area contributed by atoms with Crippen LogP contribution in [0.5, 0.6) is 0 Å². The van der Waals surface area contributed by atoms with Crippen LogP contribution in [0.2, 0.25) is 0 Å². The molecular weight excluding hydrogens is 200 g/mol. The maximum atomic E-state index is 4.22. The molecule has 0 radical (unpaired) electrons. The maximum Gasteiger partial charge on any atom is 0.0724 e. The Bertz CT molecular complexity index is 282. The topological polar surface area (TPSA) is 41.1 Å². The molecule has 88 valence electrons.